The van der Waals surface area contributed by atoms with E-state index in [0.29, 0.717) is 6.42 Å². The molecule has 2 N–H and O–H groups in total. The molecule has 2 aromatic rings. The first-order chi connectivity index (χ1) is 9.96. The van der Waals surface area contributed by atoms with Crippen LogP contribution >= 0.6 is 0 Å². The minimum Gasteiger partial charge on any atom is -0.488 e. The molecule has 0 aliphatic carbocycles. The molecule has 1 aliphatic heterocycles. The van der Waals surface area contributed by atoms with Crippen molar-refractivity contribution >= 4 is 20.6 Å². The van der Waals surface area contributed by atoms with Gasteiger partial charge >= 0.3 is 0 Å². The first-order valence-electron chi connectivity index (χ1n) is 7.10. The Kier molecular flexibility index (Phi) is 3.63. The number of hydrogen-bond donors (Lipinski definition) is 1. The fraction of sp³-hybridized carbons (Fsp3) is 0.375. The normalized spacial score (nSPS) is 22.3. The summed E-state index contributed by atoms with van der Waals surface area (Å²) in [5.41, 5.74) is 6.95. The van der Waals surface area contributed by atoms with E-state index >= 15 is 0 Å². The molecule has 5 heteroatoms. The number of nitrogens with two attached hydrogens (primary N) is 1. The van der Waals surface area contributed by atoms with Gasteiger partial charge in [0.25, 0.3) is 0 Å². The molecule has 0 amide bonds. The number of rotatable bonds is 3. The van der Waals surface area contributed by atoms with Gasteiger partial charge in [-0.05, 0) is 18.7 Å². The van der Waals surface area contributed by atoms with Crippen LogP contribution in [0.15, 0.2) is 36.4 Å². The molecule has 3 rings (SSSR count). The standard InChI is InChI=1S/C16H19NO3S/c1-11(17)14-7-6-12-4-2-3-5-15(12)16(14)20-13-8-9-21(18,19)10-13/h2-7,11,13H,8-10,17H2,1H3/t11-,13?/m0/s1. The lowest BCUT2D eigenvalue weighted by atomic mass is 10.0. The zero-order chi connectivity index (χ0) is 15.0. The Balaban J connectivity index is 2.04. The molecule has 1 fully saturated rings. The SMILES string of the molecule is C[C@H](N)c1ccc2ccccc2c1OC1CCS(=O)(=O)C1. The molecule has 0 saturated carbocycles. The predicted octanol–water partition coefficient (Wildman–Crippen LogP) is 2.43. The van der Waals surface area contributed by atoms with Crippen LogP contribution in [0.2, 0.25) is 0 Å². The highest BCUT2D eigenvalue weighted by atomic mass is 32.2. The van der Waals surface area contributed by atoms with Crippen molar-refractivity contribution in [2.45, 2.75) is 25.5 Å². The Morgan fingerprint density at radius 1 is 1.24 bits per heavy atom. The first kappa shape index (κ1) is 14.4. The second kappa shape index (κ2) is 5.31. The number of sulfone groups is 1. The molecule has 0 aromatic heterocycles. The Labute approximate surface area is 124 Å². The summed E-state index contributed by atoms with van der Waals surface area (Å²) in [6, 6.07) is 11.7. The Bertz CT molecular complexity index is 768. The second-order valence-electron chi connectivity index (χ2n) is 5.64. The van der Waals surface area contributed by atoms with Crippen LogP contribution in [0.1, 0.15) is 24.9 Å². The maximum atomic E-state index is 11.6. The fourth-order valence-electron chi connectivity index (χ4n) is 2.77. The van der Waals surface area contributed by atoms with Gasteiger partial charge in [-0.2, -0.15) is 0 Å². The van der Waals surface area contributed by atoms with Gasteiger partial charge in [-0.3, -0.25) is 0 Å². The summed E-state index contributed by atoms with van der Waals surface area (Å²) in [5.74, 6) is 1.02. The van der Waals surface area contributed by atoms with E-state index in [4.69, 9.17) is 10.5 Å². The van der Waals surface area contributed by atoms with E-state index in [0.717, 1.165) is 22.1 Å². The number of benzene rings is 2. The van der Waals surface area contributed by atoms with Gasteiger partial charge < -0.3 is 10.5 Å². The topological polar surface area (TPSA) is 69.4 Å². The van der Waals surface area contributed by atoms with Gasteiger partial charge in [0.05, 0.1) is 11.5 Å². The third kappa shape index (κ3) is 2.89. The van der Waals surface area contributed by atoms with Crippen molar-refractivity contribution in [1.82, 2.24) is 0 Å². The van der Waals surface area contributed by atoms with Gasteiger partial charge in [0, 0.05) is 17.0 Å². The van der Waals surface area contributed by atoms with E-state index in [9.17, 15) is 8.42 Å². The van der Waals surface area contributed by atoms with Crippen molar-refractivity contribution in [2.75, 3.05) is 11.5 Å². The van der Waals surface area contributed by atoms with Crippen LogP contribution in [0, 0.1) is 0 Å². The van der Waals surface area contributed by atoms with Crippen molar-refractivity contribution in [2.24, 2.45) is 5.73 Å². The minimum atomic E-state index is -2.96. The summed E-state index contributed by atoms with van der Waals surface area (Å²) in [6.07, 6.45) is 0.266. The number of hydrogen-bond acceptors (Lipinski definition) is 4. The monoisotopic (exact) mass is 305 g/mol. The minimum absolute atomic E-state index is 0.0919. The highest BCUT2D eigenvalue weighted by Crippen LogP contribution is 2.34. The zero-order valence-electron chi connectivity index (χ0n) is 12.0. The maximum Gasteiger partial charge on any atom is 0.154 e. The van der Waals surface area contributed by atoms with Crippen molar-refractivity contribution in [1.29, 1.82) is 0 Å². The smallest absolute Gasteiger partial charge is 0.154 e. The lowest BCUT2D eigenvalue weighted by Crippen LogP contribution is -2.19. The van der Waals surface area contributed by atoms with Crippen LogP contribution in [0.4, 0.5) is 0 Å². The van der Waals surface area contributed by atoms with Crippen LogP contribution in [0.3, 0.4) is 0 Å². The fourth-order valence-corrected chi connectivity index (χ4v) is 4.36. The number of fused-ring (bicyclic) bond motifs is 1. The van der Waals surface area contributed by atoms with Gasteiger partial charge in [0.1, 0.15) is 11.9 Å². The van der Waals surface area contributed by atoms with Crippen LogP contribution in [-0.2, 0) is 9.84 Å². The average molecular weight is 305 g/mol. The first-order valence-corrected chi connectivity index (χ1v) is 8.93. The lowest BCUT2D eigenvalue weighted by Gasteiger charge is -2.20. The molecule has 1 aliphatic rings. The summed E-state index contributed by atoms with van der Waals surface area (Å²) >= 11 is 0. The Hall–Kier alpha value is -1.59. The van der Waals surface area contributed by atoms with Crippen LogP contribution < -0.4 is 10.5 Å². The van der Waals surface area contributed by atoms with Gasteiger partial charge in [-0.15, -0.1) is 0 Å². The van der Waals surface area contributed by atoms with Crippen molar-refractivity contribution in [3.8, 4) is 5.75 Å². The van der Waals surface area contributed by atoms with Crippen molar-refractivity contribution in [3.63, 3.8) is 0 Å². The molecular formula is C16H19NO3S. The second-order valence-corrected chi connectivity index (χ2v) is 7.87. The van der Waals surface area contributed by atoms with Crippen molar-refractivity contribution in [3.05, 3.63) is 42.0 Å². The highest BCUT2D eigenvalue weighted by molar-refractivity contribution is 7.91. The summed E-state index contributed by atoms with van der Waals surface area (Å²) in [4.78, 5) is 0. The van der Waals surface area contributed by atoms with Crippen LogP contribution in [0.5, 0.6) is 5.75 Å². The molecule has 1 unspecified atom stereocenters. The van der Waals surface area contributed by atoms with Gasteiger partial charge in [0.15, 0.2) is 9.84 Å². The van der Waals surface area contributed by atoms with Crippen molar-refractivity contribution < 1.29 is 13.2 Å². The van der Waals surface area contributed by atoms with Gasteiger partial charge in [-0.1, -0.05) is 36.4 Å². The predicted molar refractivity (Wildman–Crippen MR) is 84.2 cm³/mol. The number of ether oxygens (including phenoxy) is 1. The van der Waals surface area contributed by atoms with E-state index in [1.807, 2.05) is 43.3 Å². The molecule has 112 valence electrons. The molecule has 2 aromatic carbocycles. The summed E-state index contributed by atoms with van der Waals surface area (Å²) in [5, 5.41) is 2.05. The molecular weight excluding hydrogens is 286 g/mol. The summed E-state index contributed by atoms with van der Waals surface area (Å²) in [7, 11) is -2.96. The maximum absolute atomic E-state index is 11.6. The summed E-state index contributed by atoms with van der Waals surface area (Å²) < 4.78 is 29.3. The van der Waals surface area contributed by atoms with Crippen LogP contribution in [0.25, 0.3) is 10.8 Å². The van der Waals surface area contributed by atoms with E-state index < -0.39 is 9.84 Å². The third-order valence-corrected chi connectivity index (χ3v) is 5.61. The molecule has 0 bridgehead atoms. The average Bonchev–Trinajstić information content (AvgIpc) is 2.78. The quantitative estimate of drug-likeness (QED) is 0.945. The van der Waals surface area contributed by atoms with E-state index in [2.05, 4.69) is 0 Å². The van der Waals surface area contributed by atoms with E-state index in [1.165, 1.54) is 0 Å². The van der Waals surface area contributed by atoms with Gasteiger partial charge in [-0.25, -0.2) is 8.42 Å². The zero-order valence-corrected chi connectivity index (χ0v) is 12.8. The largest absolute Gasteiger partial charge is 0.488 e. The molecule has 21 heavy (non-hydrogen) atoms. The Morgan fingerprint density at radius 3 is 2.67 bits per heavy atom. The molecule has 0 radical (unpaired) electrons. The van der Waals surface area contributed by atoms with E-state index in [-0.39, 0.29) is 23.7 Å². The molecule has 2 atom stereocenters. The summed E-state index contributed by atoms with van der Waals surface area (Å²) in [6.45, 7) is 1.91. The van der Waals surface area contributed by atoms with E-state index in [1.54, 1.807) is 0 Å². The highest BCUT2D eigenvalue weighted by Gasteiger charge is 2.30. The Morgan fingerprint density at radius 2 is 2.00 bits per heavy atom. The molecule has 4 nitrogen and oxygen atoms in total. The lowest BCUT2D eigenvalue weighted by molar-refractivity contribution is 0.229. The molecule has 1 heterocycles. The molecule has 1 saturated heterocycles. The molecule has 0 spiro atoms. The third-order valence-electron chi connectivity index (χ3n) is 3.88. The van der Waals surface area contributed by atoms with Crippen LogP contribution in [-0.4, -0.2) is 26.0 Å². The van der Waals surface area contributed by atoms with Gasteiger partial charge in [0.2, 0.25) is 0 Å².